The first-order valence-corrected chi connectivity index (χ1v) is 7.14. The summed E-state index contributed by atoms with van der Waals surface area (Å²) in [6.45, 7) is 1.61. The molecule has 8 heteroatoms. The summed E-state index contributed by atoms with van der Waals surface area (Å²) in [7, 11) is 0. The van der Waals surface area contributed by atoms with Crippen molar-refractivity contribution in [3.63, 3.8) is 0 Å². The number of nitro groups is 1. The minimum atomic E-state index is -0.570. The fourth-order valence-corrected chi connectivity index (χ4v) is 3.06. The zero-order valence-corrected chi connectivity index (χ0v) is 13.5. The first-order chi connectivity index (χ1) is 9.36. The number of carbonyl (C=O) groups is 1. The van der Waals surface area contributed by atoms with E-state index in [2.05, 4.69) is 41.8 Å². The molecule has 1 N–H and O–H groups in total. The predicted octanol–water partition coefficient (Wildman–Crippen LogP) is 3.58. The monoisotopic (exact) mass is 401 g/mol. The number of benzene rings is 1. The van der Waals surface area contributed by atoms with E-state index in [0.29, 0.717) is 11.4 Å². The van der Waals surface area contributed by atoms with E-state index in [1.165, 1.54) is 0 Å². The van der Waals surface area contributed by atoms with Crippen molar-refractivity contribution in [1.82, 2.24) is 9.97 Å². The second-order valence-electron chi connectivity index (χ2n) is 4.13. The lowest BCUT2D eigenvalue weighted by molar-refractivity contribution is -0.390. The first kappa shape index (κ1) is 14.9. The van der Waals surface area contributed by atoms with Crippen LogP contribution in [0, 0.1) is 17.0 Å². The maximum atomic E-state index is 12.2. The Labute approximate surface area is 131 Å². The van der Waals surface area contributed by atoms with Crippen LogP contribution in [0.15, 0.2) is 27.1 Å². The fourth-order valence-electron chi connectivity index (χ4n) is 1.77. The van der Waals surface area contributed by atoms with Gasteiger partial charge < -0.3 is 10.1 Å². The lowest BCUT2D eigenvalue weighted by Crippen LogP contribution is -2.06. The van der Waals surface area contributed by atoms with Gasteiger partial charge in [-0.1, -0.05) is 31.9 Å². The van der Waals surface area contributed by atoms with E-state index >= 15 is 0 Å². The molecular weight excluding hydrogens is 394 g/mol. The van der Waals surface area contributed by atoms with Gasteiger partial charge in [0, 0.05) is 21.4 Å². The number of hydrogen-bond donors (Lipinski definition) is 1. The van der Waals surface area contributed by atoms with Gasteiger partial charge in [-0.2, -0.15) is 0 Å². The Balaban J connectivity index is 2.30. The summed E-state index contributed by atoms with van der Waals surface area (Å²) in [5.74, 6) is -0.0542. The molecule has 2 aromatic rings. The highest BCUT2D eigenvalue weighted by atomic mass is 79.9. The number of nitrogens with one attached hydrogen (secondary N) is 1. The number of aromatic nitrogens is 2. The van der Waals surface area contributed by atoms with Gasteiger partial charge in [-0.05, 0) is 23.1 Å². The lowest BCUT2D eigenvalue weighted by atomic mass is 10.1. The van der Waals surface area contributed by atoms with E-state index in [9.17, 15) is 14.9 Å². The Bertz CT molecular complexity index is 677. The molecule has 6 nitrogen and oxygen atoms in total. The highest BCUT2D eigenvalue weighted by Gasteiger charge is 2.21. The summed E-state index contributed by atoms with van der Waals surface area (Å²) < 4.78 is 1.51. The summed E-state index contributed by atoms with van der Waals surface area (Å²) in [6.07, 6.45) is -0.121. The van der Waals surface area contributed by atoms with Crippen molar-refractivity contribution in [3.8, 4) is 0 Å². The Morgan fingerprint density at radius 2 is 1.95 bits per heavy atom. The molecule has 0 atom stereocenters. The smallest absolute Gasteiger partial charge is 0.344 e. The topological polar surface area (TPSA) is 88.9 Å². The zero-order valence-electron chi connectivity index (χ0n) is 10.3. The Kier molecular flexibility index (Phi) is 4.34. The number of imidazole rings is 1. The van der Waals surface area contributed by atoms with Crippen LogP contribution < -0.4 is 0 Å². The van der Waals surface area contributed by atoms with Crippen molar-refractivity contribution in [3.05, 3.63) is 54.3 Å². The van der Waals surface area contributed by atoms with Gasteiger partial charge in [0.1, 0.15) is 5.69 Å². The third-order valence-corrected chi connectivity index (χ3v) is 3.49. The van der Waals surface area contributed by atoms with Crippen LogP contribution in [-0.4, -0.2) is 20.7 Å². The van der Waals surface area contributed by atoms with Gasteiger partial charge in [0.2, 0.25) is 0 Å². The first-order valence-electron chi connectivity index (χ1n) is 5.56. The van der Waals surface area contributed by atoms with Crippen molar-refractivity contribution in [2.24, 2.45) is 0 Å². The van der Waals surface area contributed by atoms with Crippen molar-refractivity contribution < 1.29 is 9.72 Å². The fraction of sp³-hybridized carbons (Fsp3) is 0.167. The Morgan fingerprint density at radius 1 is 1.35 bits per heavy atom. The van der Waals surface area contributed by atoms with Crippen molar-refractivity contribution >= 4 is 43.5 Å². The van der Waals surface area contributed by atoms with Crippen LogP contribution in [-0.2, 0) is 6.42 Å². The van der Waals surface area contributed by atoms with Crippen LogP contribution in [0.5, 0.6) is 0 Å². The largest absolute Gasteiger partial charge is 0.358 e. The van der Waals surface area contributed by atoms with Crippen LogP contribution in [0.2, 0.25) is 0 Å². The minimum Gasteiger partial charge on any atom is -0.358 e. The third-order valence-electron chi connectivity index (χ3n) is 2.57. The molecule has 0 saturated carbocycles. The Morgan fingerprint density at radius 3 is 2.50 bits per heavy atom. The molecule has 104 valence electrons. The number of Topliss-reactive ketones (excluding diaryl/α,β-unsaturated/α-hetero) is 1. The summed E-state index contributed by atoms with van der Waals surface area (Å²) >= 11 is 6.59. The quantitative estimate of drug-likeness (QED) is 0.480. The molecule has 0 aliphatic rings. The van der Waals surface area contributed by atoms with Crippen LogP contribution in [0.1, 0.15) is 21.9 Å². The molecule has 1 heterocycles. The molecule has 0 bridgehead atoms. The average Bonchev–Trinajstić information content (AvgIpc) is 2.69. The molecule has 0 fully saturated rings. The van der Waals surface area contributed by atoms with Gasteiger partial charge in [0.05, 0.1) is 6.42 Å². The molecular formula is C12H9Br2N3O3. The lowest BCUT2D eigenvalue weighted by Gasteiger charge is -2.02. The van der Waals surface area contributed by atoms with Crippen LogP contribution in [0.25, 0.3) is 0 Å². The minimum absolute atomic E-state index is 0.121. The van der Waals surface area contributed by atoms with Crippen molar-refractivity contribution in [1.29, 1.82) is 0 Å². The molecule has 0 unspecified atom stereocenters. The zero-order chi connectivity index (χ0) is 14.9. The van der Waals surface area contributed by atoms with E-state index < -0.39 is 4.92 Å². The molecule has 2 rings (SSSR count). The molecule has 0 saturated heterocycles. The summed E-state index contributed by atoms with van der Waals surface area (Å²) in [4.78, 5) is 29.0. The van der Waals surface area contributed by atoms with E-state index in [1.54, 1.807) is 25.1 Å². The third kappa shape index (κ3) is 3.31. The van der Waals surface area contributed by atoms with E-state index in [4.69, 9.17) is 0 Å². The summed E-state index contributed by atoms with van der Waals surface area (Å²) in [5, 5.41) is 10.9. The molecule has 0 aliphatic carbocycles. The van der Waals surface area contributed by atoms with Crippen LogP contribution in [0.3, 0.4) is 0 Å². The van der Waals surface area contributed by atoms with E-state index in [1.807, 2.05) is 0 Å². The molecule has 1 aromatic heterocycles. The molecule has 20 heavy (non-hydrogen) atoms. The number of nitrogens with zero attached hydrogens (tertiary/aromatic N) is 2. The number of aryl methyl sites for hydroxylation is 1. The number of hydrogen-bond acceptors (Lipinski definition) is 4. The van der Waals surface area contributed by atoms with Gasteiger partial charge in [-0.3, -0.25) is 4.79 Å². The summed E-state index contributed by atoms with van der Waals surface area (Å²) in [6, 6.07) is 5.13. The van der Waals surface area contributed by atoms with Gasteiger partial charge in [-0.25, -0.2) is 9.97 Å². The predicted molar refractivity (Wildman–Crippen MR) is 79.9 cm³/mol. The maximum absolute atomic E-state index is 12.2. The molecule has 0 radical (unpaired) electrons. The van der Waals surface area contributed by atoms with Crippen molar-refractivity contribution in [2.75, 3.05) is 0 Å². The van der Waals surface area contributed by atoms with E-state index in [-0.39, 0.29) is 23.7 Å². The van der Waals surface area contributed by atoms with Gasteiger partial charge in [0.25, 0.3) is 0 Å². The Hall–Kier alpha value is -1.54. The number of ketones is 1. The van der Waals surface area contributed by atoms with Gasteiger partial charge in [0.15, 0.2) is 11.6 Å². The molecule has 1 aromatic carbocycles. The number of aromatic amines is 1. The van der Waals surface area contributed by atoms with Gasteiger partial charge >= 0.3 is 5.82 Å². The van der Waals surface area contributed by atoms with Crippen LogP contribution in [0.4, 0.5) is 5.82 Å². The standard InChI is InChI=1S/C12H9Br2N3O3/c1-6-15-10(12(16-6)17(19)20)5-11(18)7-2-8(13)4-9(14)3-7/h2-4H,5H2,1H3,(H,15,16). The second kappa shape index (κ2) is 5.84. The maximum Gasteiger partial charge on any atom is 0.344 e. The molecule has 0 amide bonds. The SMILES string of the molecule is Cc1nc(CC(=O)c2cc(Br)cc(Br)c2)c([N+](=O)[O-])[nH]1. The number of halogens is 2. The highest BCUT2D eigenvalue weighted by Crippen LogP contribution is 2.22. The highest BCUT2D eigenvalue weighted by molar-refractivity contribution is 9.11. The molecule has 0 spiro atoms. The van der Waals surface area contributed by atoms with Crippen LogP contribution >= 0.6 is 31.9 Å². The van der Waals surface area contributed by atoms with Crippen molar-refractivity contribution in [2.45, 2.75) is 13.3 Å². The summed E-state index contributed by atoms with van der Waals surface area (Å²) in [5.41, 5.74) is 0.606. The average molecular weight is 403 g/mol. The number of rotatable bonds is 4. The normalized spacial score (nSPS) is 10.6. The van der Waals surface area contributed by atoms with E-state index in [0.717, 1.165) is 8.95 Å². The number of carbonyl (C=O) groups excluding carboxylic acids is 1. The number of H-pyrrole nitrogens is 1. The van der Waals surface area contributed by atoms with Gasteiger partial charge in [-0.15, -0.1) is 0 Å². The second-order valence-corrected chi connectivity index (χ2v) is 5.96. The molecule has 0 aliphatic heterocycles.